The van der Waals surface area contributed by atoms with Crippen LogP contribution in [0.2, 0.25) is 0 Å². The number of Topliss-reactive ketones (excluding diaryl/α,β-unsaturated/α-hetero) is 1. The van der Waals surface area contributed by atoms with Gasteiger partial charge in [-0.2, -0.15) is 0 Å². The summed E-state index contributed by atoms with van der Waals surface area (Å²) in [4.78, 5) is 15.0. The van der Waals surface area contributed by atoms with Crippen molar-refractivity contribution in [3.8, 4) is 11.1 Å². The average molecular weight is 291 g/mol. The Bertz CT molecular complexity index is 707. The summed E-state index contributed by atoms with van der Waals surface area (Å²) in [5.74, 6) is 1.40. The fourth-order valence-corrected chi connectivity index (χ4v) is 4.04. The Morgan fingerprint density at radius 2 is 1.86 bits per heavy atom. The monoisotopic (exact) mass is 291 g/mol. The van der Waals surface area contributed by atoms with E-state index >= 15 is 0 Å². The summed E-state index contributed by atoms with van der Waals surface area (Å²) < 4.78 is 0. The van der Waals surface area contributed by atoms with Gasteiger partial charge in [0, 0.05) is 24.4 Å². The maximum Gasteiger partial charge on any atom is 0.163 e. The number of likely N-dealkylation sites (N-methyl/N-ethyl adjacent to an activating group) is 1. The number of rotatable bonds is 1. The van der Waals surface area contributed by atoms with Crippen LogP contribution in [0.15, 0.2) is 48.5 Å². The van der Waals surface area contributed by atoms with Crippen molar-refractivity contribution in [2.75, 3.05) is 20.1 Å². The molecule has 112 valence electrons. The molecule has 1 heterocycles. The van der Waals surface area contributed by atoms with Gasteiger partial charge in [-0.1, -0.05) is 42.5 Å². The largest absolute Gasteiger partial charge is 0.306 e. The Balaban J connectivity index is 1.77. The molecule has 0 amide bonds. The molecule has 2 nitrogen and oxygen atoms in total. The highest BCUT2D eigenvalue weighted by Gasteiger charge is 2.37. The highest BCUT2D eigenvalue weighted by atomic mass is 16.1. The molecule has 2 heteroatoms. The van der Waals surface area contributed by atoms with E-state index in [1.54, 1.807) is 0 Å². The molecule has 4 rings (SSSR count). The zero-order valence-electron chi connectivity index (χ0n) is 13.0. The standard InChI is InChI=1S/C20H21NO/c1-21-10-9-16-12-20(22)18-11-15(14-5-3-2-4-6-14)7-8-17(18)19(16)13-21/h2-8,11,16,19H,9-10,12-13H2,1H3/t16-,19-/m0/s1. The number of ketones is 1. The van der Waals surface area contributed by atoms with Crippen molar-refractivity contribution in [3.05, 3.63) is 59.7 Å². The molecule has 2 atom stereocenters. The van der Waals surface area contributed by atoms with E-state index in [9.17, 15) is 4.79 Å². The molecule has 0 N–H and O–H groups in total. The van der Waals surface area contributed by atoms with Crippen molar-refractivity contribution < 1.29 is 4.79 Å². The number of benzene rings is 2. The van der Waals surface area contributed by atoms with E-state index in [1.807, 2.05) is 18.2 Å². The topological polar surface area (TPSA) is 20.3 Å². The van der Waals surface area contributed by atoms with Gasteiger partial charge in [-0.05, 0) is 48.7 Å². The Kier molecular flexibility index (Phi) is 3.34. The number of carbonyl (C=O) groups is 1. The van der Waals surface area contributed by atoms with Crippen LogP contribution in [-0.2, 0) is 0 Å². The van der Waals surface area contributed by atoms with Gasteiger partial charge in [0.15, 0.2) is 5.78 Å². The normalized spacial score (nSPS) is 24.7. The first-order valence-electron chi connectivity index (χ1n) is 8.13. The highest BCUT2D eigenvalue weighted by Crippen LogP contribution is 2.41. The van der Waals surface area contributed by atoms with Crippen LogP contribution in [0.25, 0.3) is 11.1 Å². The van der Waals surface area contributed by atoms with Gasteiger partial charge in [-0.25, -0.2) is 0 Å². The van der Waals surface area contributed by atoms with Gasteiger partial charge in [0.1, 0.15) is 0 Å². The first-order valence-corrected chi connectivity index (χ1v) is 8.13. The molecule has 0 saturated carbocycles. The van der Waals surface area contributed by atoms with Gasteiger partial charge in [-0.3, -0.25) is 4.79 Å². The van der Waals surface area contributed by atoms with E-state index in [1.165, 1.54) is 11.1 Å². The van der Waals surface area contributed by atoms with Crippen LogP contribution in [0.4, 0.5) is 0 Å². The van der Waals surface area contributed by atoms with Crippen molar-refractivity contribution in [2.45, 2.75) is 18.8 Å². The van der Waals surface area contributed by atoms with Crippen LogP contribution >= 0.6 is 0 Å². The Morgan fingerprint density at radius 3 is 2.68 bits per heavy atom. The summed E-state index contributed by atoms with van der Waals surface area (Å²) in [5, 5.41) is 0. The third-order valence-corrected chi connectivity index (χ3v) is 5.27. The molecule has 2 aromatic carbocycles. The number of likely N-dealkylation sites (tertiary alicyclic amines) is 1. The first-order chi connectivity index (χ1) is 10.7. The minimum Gasteiger partial charge on any atom is -0.306 e. The van der Waals surface area contributed by atoms with Gasteiger partial charge in [0.05, 0.1) is 0 Å². The second-order valence-electron chi connectivity index (χ2n) is 6.71. The maximum atomic E-state index is 12.6. The smallest absolute Gasteiger partial charge is 0.163 e. The van der Waals surface area contributed by atoms with Gasteiger partial charge >= 0.3 is 0 Å². The average Bonchev–Trinajstić information content (AvgIpc) is 2.56. The molecule has 1 aliphatic carbocycles. The predicted molar refractivity (Wildman–Crippen MR) is 89.2 cm³/mol. The molecule has 1 fully saturated rings. The number of carbonyl (C=O) groups excluding carboxylic acids is 1. The predicted octanol–water partition coefficient (Wildman–Crippen LogP) is 3.98. The van der Waals surface area contributed by atoms with Crippen molar-refractivity contribution in [3.63, 3.8) is 0 Å². The molecule has 1 aliphatic heterocycles. The third-order valence-electron chi connectivity index (χ3n) is 5.27. The van der Waals surface area contributed by atoms with E-state index in [4.69, 9.17) is 0 Å². The molecule has 22 heavy (non-hydrogen) atoms. The second kappa shape index (κ2) is 5.36. The lowest BCUT2D eigenvalue weighted by Gasteiger charge is -2.40. The van der Waals surface area contributed by atoms with Crippen LogP contribution < -0.4 is 0 Å². The van der Waals surface area contributed by atoms with E-state index in [2.05, 4.69) is 42.3 Å². The summed E-state index contributed by atoms with van der Waals surface area (Å²) in [6.07, 6.45) is 1.87. The fourth-order valence-electron chi connectivity index (χ4n) is 4.04. The second-order valence-corrected chi connectivity index (χ2v) is 6.71. The zero-order chi connectivity index (χ0) is 15.1. The molecular weight excluding hydrogens is 270 g/mol. The lowest BCUT2D eigenvalue weighted by Crippen LogP contribution is -2.40. The van der Waals surface area contributed by atoms with Crippen LogP contribution in [-0.4, -0.2) is 30.8 Å². The number of hydrogen-bond acceptors (Lipinski definition) is 2. The third kappa shape index (κ3) is 2.28. The SMILES string of the molecule is CN1CC[C@H]2CC(=O)c3cc(-c4ccccc4)ccc3[C@H]2C1. The van der Waals surface area contributed by atoms with Crippen molar-refractivity contribution >= 4 is 5.78 Å². The Hall–Kier alpha value is -1.93. The van der Waals surface area contributed by atoms with Crippen LogP contribution in [0.5, 0.6) is 0 Å². The zero-order valence-corrected chi connectivity index (χ0v) is 13.0. The van der Waals surface area contributed by atoms with E-state index in [0.717, 1.165) is 37.1 Å². The molecular formula is C20H21NO. The Morgan fingerprint density at radius 1 is 1.05 bits per heavy atom. The summed E-state index contributed by atoms with van der Waals surface area (Å²) in [7, 11) is 2.19. The number of piperidine rings is 1. The maximum absolute atomic E-state index is 12.6. The first kappa shape index (κ1) is 13.7. The summed E-state index contributed by atoms with van der Waals surface area (Å²) in [6, 6.07) is 16.8. The van der Waals surface area contributed by atoms with Gasteiger partial charge < -0.3 is 4.90 Å². The van der Waals surface area contributed by atoms with Crippen molar-refractivity contribution in [2.24, 2.45) is 5.92 Å². The molecule has 0 aromatic heterocycles. The number of fused-ring (bicyclic) bond motifs is 3. The minimum atomic E-state index is 0.332. The van der Waals surface area contributed by atoms with Crippen LogP contribution in [0.1, 0.15) is 34.7 Å². The molecule has 0 spiro atoms. The minimum absolute atomic E-state index is 0.332. The molecule has 0 radical (unpaired) electrons. The van der Waals surface area contributed by atoms with Crippen molar-refractivity contribution in [1.82, 2.24) is 4.90 Å². The van der Waals surface area contributed by atoms with Gasteiger partial charge in [-0.15, -0.1) is 0 Å². The lowest BCUT2D eigenvalue weighted by molar-refractivity contribution is 0.0887. The van der Waals surface area contributed by atoms with Crippen LogP contribution in [0.3, 0.4) is 0 Å². The highest BCUT2D eigenvalue weighted by molar-refractivity contribution is 6.00. The van der Waals surface area contributed by atoms with Gasteiger partial charge in [0.25, 0.3) is 0 Å². The summed E-state index contributed by atoms with van der Waals surface area (Å²) in [6.45, 7) is 2.20. The molecule has 1 saturated heterocycles. The van der Waals surface area contributed by atoms with Crippen molar-refractivity contribution in [1.29, 1.82) is 0 Å². The van der Waals surface area contributed by atoms with E-state index in [0.29, 0.717) is 17.6 Å². The molecule has 2 aliphatic rings. The summed E-state index contributed by atoms with van der Waals surface area (Å²) in [5.41, 5.74) is 4.56. The van der Waals surface area contributed by atoms with E-state index in [-0.39, 0.29) is 0 Å². The number of hydrogen-bond donors (Lipinski definition) is 0. The van der Waals surface area contributed by atoms with E-state index < -0.39 is 0 Å². The van der Waals surface area contributed by atoms with Crippen LogP contribution in [0, 0.1) is 5.92 Å². The fraction of sp³-hybridized carbons (Fsp3) is 0.350. The lowest BCUT2D eigenvalue weighted by atomic mass is 9.71. The van der Waals surface area contributed by atoms with Gasteiger partial charge in [0.2, 0.25) is 0 Å². The quantitative estimate of drug-likeness (QED) is 0.792. The Labute approximate surface area is 131 Å². The molecule has 0 bridgehead atoms. The molecule has 2 aromatic rings. The molecule has 0 unspecified atom stereocenters. The number of nitrogens with zero attached hydrogens (tertiary/aromatic N) is 1. The summed E-state index contributed by atoms with van der Waals surface area (Å²) >= 11 is 0.